The molecule has 1 aromatic heterocycles. The van der Waals surface area contributed by atoms with Crippen LogP contribution in [0, 0.1) is 11.3 Å². The number of pyridine rings is 1. The predicted octanol–water partition coefficient (Wildman–Crippen LogP) is 2.84. The number of carbonyl (C=O) groups is 1. The van der Waals surface area contributed by atoms with E-state index in [9.17, 15) is 18.5 Å². The van der Waals surface area contributed by atoms with Gasteiger partial charge >= 0.3 is 0 Å². The van der Waals surface area contributed by atoms with Crippen molar-refractivity contribution in [2.24, 2.45) is 5.14 Å². The first-order valence-corrected chi connectivity index (χ1v) is 10.6. The first-order valence-electron chi connectivity index (χ1n) is 8.13. The second-order valence-electron chi connectivity index (χ2n) is 6.17. The van der Waals surface area contributed by atoms with Crippen LogP contribution in [-0.4, -0.2) is 24.6 Å². The normalized spacial score (nSPS) is 12.4. The number of aromatic nitrogens is 1. The topological polar surface area (TPSA) is 126 Å². The van der Waals surface area contributed by atoms with E-state index in [0.717, 1.165) is 5.69 Å². The van der Waals surface area contributed by atoms with Crippen molar-refractivity contribution < 1.29 is 13.2 Å². The van der Waals surface area contributed by atoms with Gasteiger partial charge in [-0.05, 0) is 49.2 Å². The molecule has 2 aromatic rings. The maximum Gasteiger partial charge on any atom is 0.238 e. The minimum atomic E-state index is -3.78. The van der Waals surface area contributed by atoms with Crippen molar-refractivity contribution in [2.45, 2.75) is 41.9 Å². The molecule has 0 saturated heterocycles. The van der Waals surface area contributed by atoms with E-state index in [0.29, 0.717) is 16.3 Å². The molecule has 0 aliphatic rings. The first-order chi connectivity index (χ1) is 12.6. The molecule has 9 heteroatoms. The van der Waals surface area contributed by atoms with Crippen molar-refractivity contribution in [3.05, 3.63) is 47.7 Å². The van der Waals surface area contributed by atoms with Gasteiger partial charge in [0.25, 0.3) is 0 Å². The second kappa shape index (κ2) is 8.52. The highest BCUT2D eigenvalue weighted by molar-refractivity contribution is 8.00. The predicted molar refractivity (Wildman–Crippen MR) is 105 cm³/mol. The van der Waals surface area contributed by atoms with Crippen LogP contribution in [0.5, 0.6) is 0 Å². The molecule has 7 nitrogen and oxygen atoms in total. The number of nitrogens with one attached hydrogen (secondary N) is 1. The number of nitrogens with zero attached hydrogens (tertiary/aromatic N) is 2. The van der Waals surface area contributed by atoms with Gasteiger partial charge in [0.2, 0.25) is 15.9 Å². The van der Waals surface area contributed by atoms with E-state index in [-0.39, 0.29) is 16.7 Å². The van der Waals surface area contributed by atoms with Gasteiger partial charge in [-0.2, -0.15) is 5.26 Å². The van der Waals surface area contributed by atoms with Gasteiger partial charge in [0, 0.05) is 11.4 Å². The van der Waals surface area contributed by atoms with Crippen LogP contribution in [0.15, 0.2) is 46.3 Å². The molecular formula is C18H20N4O3S2. The summed E-state index contributed by atoms with van der Waals surface area (Å²) in [5.41, 5.74) is 1.72. The van der Waals surface area contributed by atoms with Crippen molar-refractivity contribution in [2.75, 3.05) is 5.32 Å². The SMILES string of the molecule is CC(Sc1nc(C(C)C)ccc1C#N)C(=O)Nc1ccc(S(N)(=O)=O)cc1. The maximum atomic E-state index is 12.4. The number of thioether (sulfide) groups is 1. The highest BCUT2D eigenvalue weighted by Gasteiger charge is 2.19. The Labute approximate surface area is 163 Å². The summed E-state index contributed by atoms with van der Waals surface area (Å²) in [5, 5.41) is 17.0. The van der Waals surface area contributed by atoms with Gasteiger partial charge in [-0.3, -0.25) is 4.79 Å². The molecule has 0 radical (unpaired) electrons. The number of hydrogen-bond acceptors (Lipinski definition) is 6. The smallest absolute Gasteiger partial charge is 0.238 e. The number of sulfonamides is 1. The third-order valence-corrected chi connectivity index (χ3v) is 5.73. The highest BCUT2D eigenvalue weighted by atomic mass is 32.2. The molecule has 0 bridgehead atoms. The summed E-state index contributed by atoms with van der Waals surface area (Å²) in [6, 6.07) is 11.2. The summed E-state index contributed by atoms with van der Waals surface area (Å²) in [6.45, 7) is 5.72. The molecule has 0 aliphatic carbocycles. The maximum absolute atomic E-state index is 12.4. The van der Waals surface area contributed by atoms with Crippen LogP contribution in [0.25, 0.3) is 0 Å². The number of rotatable bonds is 6. The number of anilines is 1. The zero-order valence-corrected chi connectivity index (χ0v) is 16.8. The van der Waals surface area contributed by atoms with Gasteiger partial charge in [-0.25, -0.2) is 18.5 Å². The number of primary sulfonamides is 1. The van der Waals surface area contributed by atoms with Crippen LogP contribution in [0.1, 0.15) is 37.9 Å². The molecule has 3 N–H and O–H groups in total. The number of hydrogen-bond donors (Lipinski definition) is 2. The summed E-state index contributed by atoms with van der Waals surface area (Å²) in [4.78, 5) is 16.9. The van der Waals surface area contributed by atoms with Gasteiger partial charge in [0.15, 0.2) is 0 Å². The van der Waals surface area contributed by atoms with Gasteiger partial charge in [-0.1, -0.05) is 25.6 Å². The number of carbonyl (C=O) groups excluding carboxylic acids is 1. The first kappa shape index (κ1) is 20.9. The van der Waals surface area contributed by atoms with Gasteiger partial charge in [0.1, 0.15) is 11.1 Å². The lowest BCUT2D eigenvalue weighted by molar-refractivity contribution is -0.115. The molecule has 0 spiro atoms. The fourth-order valence-corrected chi connectivity index (χ4v) is 3.56. The Bertz CT molecular complexity index is 981. The van der Waals surface area contributed by atoms with E-state index in [1.807, 2.05) is 19.9 Å². The highest BCUT2D eigenvalue weighted by Crippen LogP contribution is 2.27. The summed E-state index contributed by atoms with van der Waals surface area (Å²) < 4.78 is 22.5. The fourth-order valence-electron chi connectivity index (χ4n) is 2.14. The average molecular weight is 405 g/mol. The van der Waals surface area contributed by atoms with Crippen LogP contribution < -0.4 is 10.5 Å². The fraction of sp³-hybridized carbons (Fsp3) is 0.278. The van der Waals surface area contributed by atoms with Crippen LogP contribution in [-0.2, 0) is 14.8 Å². The Morgan fingerprint density at radius 1 is 1.19 bits per heavy atom. The van der Waals surface area contributed by atoms with E-state index in [1.165, 1.54) is 36.0 Å². The molecule has 1 aromatic carbocycles. The minimum absolute atomic E-state index is 0.0312. The number of nitrogens with two attached hydrogens (primary N) is 1. The zero-order chi connectivity index (χ0) is 20.2. The van der Waals surface area contributed by atoms with Crippen molar-refractivity contribution in [1.82, 2.24) is 4.98 Å². The number of amides is 1. The summed E-state index contributed by atoms with van der Waals surface area (Å²) >= 11 is 1.20. The Kier molecular flexibility index (Phi) is 6.59. The average Bonchev–Trinajstić information content (AvgIpc) is 2.61. The van der Waals surface area contributed by atoms with E-state index >= 15 is 0 Å². The molecule has 1 atom stereocenters. The van der Waals surface area contributed by atoms with Gasteiger partial charge < -0.3 is 5.32 Å². The second-order valence-corrected chi connectivity index (χ2v) is 9.06. The third-order valence-electron chi connectivity index (χ3n) is 3.70. The molecule has 142 valence electrons. The summed E-state index contributed by atoms with van der Waals surface area (Å²) in [6.07, 6.45) is 0. The molecule has 0 aliphatic heterocycles. The number of benzene rings is 1. The lowest BCUT2D eigenvalue weighted by Gasteiger charge is -2.14. The Hall–Kier alpha value is -2.41. The minimum Gasteiger partial charge on any atom is -0.325 e. The standard InChI is InChI=1S/C18H20N4O3S2/c1-11(2)16-9-4-13(10-19)18(22-16)26-12(3)17(23)21-14-5-7-15(8-6-14)27(20,24)25/h4-9,11-12H,1-3H3,(H,21,23)(H2,20,24,25). The lowest BCUT2D eigenvalue weighted by Crippen LogP contribution is -2.22. The van der Waals surface area contributed by atoms with Crippen molar-refractivity contribution in [3.8, 4) is 6.07 Å². The molecule has 27 heavy (non-hydrogen) atoms. The van der Waals surface area contributed by atoms with E-state index in [4.69, 9.17) is 5.14 Å². The van der Waals surface area contributed by atoms with Crippen molar-refractivity contribution in [1.29, 1.82) is 5.26 Å². The lowest BCUT2D eigenvalue weighted by atomic mass is 10.1. The largest absolute Gasteiger partial charge is 0.325 e. The number of nitriles is 1. The molecule has 1 heterocycles. The van der Waals surface area contributed by atoms with Gasteiger partial charge in [-0.15, -0.1) is 0 Å². The molecule has 2 rings (SSSR count). The Morgan fingerprint density at radius 3 is 2.33 bits per heavy atom. The van der Waals surface area contributed by atoms with Gasteiger partial charge in [0.05, 0.1) is 15.7 Å². The van der Waals surface area contributed by atoms with Crippen LogP contribution in [0.2, 0.25) is 0 Å². The molecule has 1 amide bonds. The molecule has 1 unspecified atom stereocenters. The Balaban J connectivity index is 2.12. The molecule has 0 saturated carbocycles. The Morgan fingerprint density at radius 2 is 1.81 bits per heavy atom. The van der Waals surface area contributed by atoms with Crippen molar-refractivity contribution >= 4 is 33.4 Å². The quantitative estimate of drug-likeness (QED) is 0.713. The summed E-state index contributed by atoms with van der Waals surface area (Å²) in [7, 11) is -3.78. The van der Waals surface area contributed by atoms with Crippen molar-refractivity contribution in [3.63, 3.8) is 0 Å². The van der Waals surface area contributed by atoms with Crippen LogP contribution >= 0.6 is 11.8 Å². The zero-order valence-electron chi connectivity index (χ0n) is 15.1. The summed E-state index contributed by atoms with van der Waals surface area (Å²) in [5.74, 6) is -0.0810. The van der Waals surface area contributed by atoms with E-state index < -0.39 is 15.3 Å². The monoisotopic (exact) mass is 404 g/mol. The third kappa shape index (κ3) is 5.53. The van der Waals surface area contributed by atoms with Crippen LogP contribution in [0.3, 0.4) is 0 Å². The van der Waals surface area contributed by atoms with E-state index in [1.54, 1.807) is 13.0 Å². The van der Waals surface area contributed by atoms with Crippen LogP contribution in [0.4, 0.5) is 5.69 Å². The van der Waals surface area contributed by atoms with E-state index in [2.05, 4.69) is 16.4 Å². The molecule has 0 fully saturated rings. The molecular weight excluding hydrogens is 384 g/mol.